The molecule has 1 amide bonds. The van der Waals surface area contributed by atoms with E-state index >= 15 is 0 Å². The average Bonchev–Trinajstić information content (AvgIpc) is 3.13. The summed E-state index contributed by atoms with van der Waals surface area (Å²) < 4.78 is 2.00. The van der Waals surface area contributed by atoms with Gasteiger partial charge in [0.2, 0.25) is 5.28 Å². The van der Waals surface area contributed by atoms with Gasteiger partial charge < -0.3 is 15.0 Å². The Bertz CT molecular complexity index is 679. The number of hydrogen-bond acceptors (Lipinski definition) is 4. The van der Waals surface area contributed by atoms with Crippen LogP contribution >= 0.6 is 11.6 Å². The zero-order chi connectivity index (χ0) is 15.5. The summed E-state index contributed by atoms with van der Waals surface area (Å²) in [7, 11) is 0. The monoisotopic (exact) mass is 322 g/mol. The summed E-state index contributed by atoms with van der Waals surface area (Å²) in [4.78, 5) is 20.8. The van der Waals surface area contributed by atoms with Gasteiger partial charge in [0, 0.05) is 30.8 Å². The summed E-state index contributed by atoms with van der Waals surface area (Å²) in [5.74, 6) is -0.144. The fourth-order valence-corrected chi connectivity index (χ4v) is 3.19. The van der Waals surface area contributed by atoms with Crippen LogP contribution in [0.1, 0.15) is 48.6 Å². The largest absolute Gasteiger partial charge is 0.396 e. The smallest absolute Gasteiger partial charge is 0.268 e. The summed E-state index contributed by atoms with van der Waals surface area (Å²) in [6.45, 7) is 0.515. The SMILES string of the molecule is O=C(NCCCO)c1cc2cnc(Cl)nc2n1C1CCCC1. The van der Waals surface area contributed by atoms with Gasteiger partial charge in [-0.05, 0) is 36.9 Å². The molecule has 0 atom stereocenters. The predicted molar refractivity (Wildman–Crippen MR) is 84.1 cm³/mol. The van der Waals surface area contributed by atoms with Crippen molar-refractivity contribution in [1.29, 1.82) is 0 Å². The molecule has 0 aromatic carbocycles. The third-order valence-electron chi connectivity index (χ3n) is 4.09. The second-order valence-corrected chi connectivity index (χ2v) is 5.93. The van der Waals surface area contributed by atoms with E-state index in [9.17, 15) is 4.79 Å². The summed E-state index contributed by atoms with van der Waals surface area (Å²) in [5, 5.41) is 12.7. The van der Waals surface area contributed by atoms with Crippen LogP contribution in [-0.2, 0) is 0 Å². The first-order valence-corrected chi connectivity index (χ1v) is 8.01. The van der Waals surface area contributed by atoms with E-state index < -0.39 is 0 Å². The highest BCUT2D eigenvalue weighted by Crippen LogP contribution is 2.34. The maximum atomic E-state index is 12.5. The second kappa shape index (κ2) is 6.62. The zero-order valence-electron chi connectivity index (χ0n) is 12.3. The Balaban J connectivity index is 2.00. The highest BCUT2D eigenvalue weighted by Gasteiger charge is 2.25. The van der Waals surface area contributed by atoms with Crippen LogP contribution < -0.4 is 5.32 Å². The molecule has 0 aliphatic heterocycles. The number of nitrogens with one attached hydrogen (secondary N) is 1. The third-order valence-corrected chi connectivity index (χ3v) is 4.27. The Morgan fingerprint density at radius 2 is 2.23 bits per heavy atom. The van der Waals surface area contributed by atoms with E-state index in [1.807, 2.05) is 10.6 Å². The van der Waals surface area contributed by atoms with Gasteiger partial charge in [-0.15, -0.1) is 0 Å². The topological polar surface area (TPSA) is 80.0 Å². The Labute approximate surface area is 133 Å². The number of fused-ring (bicyclic) bond motifs is 1. The maximum Gasteiger partial charge on any atom is 0.268 e. The molecule has 6 nitrogen and oxygen atoms in total. The average molecular weight is 323 g/mol. The van der Waals surface area contributed by atoms with Gasteiger partial charge in [0.15, 0.2) is 0 Å². The minimum atomic E-state index is -0.144. The van der Waals surface area contributed by atoms with Gasteiger partial charge in [-0.1, -0.05) is 12.8 Å². The van der Waals surface area contributed by atoms with E-state index in [-0.39, 0.29) is 23.8 Å². The Hall–Kier alpha value is -1.66. The molecule has 2 N–H and O–H groups in total. The number of aliphatic hydroxyl groups is 1. The number of carbonyl (C=O) groups excluding carboxylic acids is 1. The lowest BCUT2D eigenvalue weighted by Gasteiger charge is -2.16. The number of nitrogens with zero attached hydrogens (tertiary/aromatic N) is 3. The number of aromatic nitrogens is 3. The molecular formula is C15H19ClN4O2. The summed E-state index contributed by atoms with van der Waals surface area (Å²) in [6, 6.07) is 2.10. The van der Waals surface area contributed by atoms with Gasteiger partial charge in [0.1, 0.15) is 11.3 Å². The molecule has 1 aliphatic carbocycles. The van der Waals surface area contributed by atoms with Crippen molar-refractivity contribution >= 4 is 28.5 Å². The molecule has 2 aromatic rings. The van der Waals surface area contributed by atoms with Crippen molar-refractivity contribution in [3.05, 3.63) is 23.2 Å². The van der Waals surface area contributed by atoms with Crippen LogP contribution in [0.3, 0.4) is 0 Å². The number of aliphatic hydroxyl groups excluding tert-OH is 1. The van der Waals surface area contributed by atoms with Gasteiger partial charge in [-0.25, -0.2) is 4.98 Å². The molecule has 2 heterocycles. The molecule has 118 valence electrons. The maximum absolute atomic E-state index is 12.5. The number of amides is 1. The summed E-state index contributed by atoms with van der Waals surface area (Å²) >= 11 is 5.92. The van der Waals surface area contributed by atoms with E-state index in [0.717, 1.165) is 36.7 Å². The normalized spacial score (nSPS) is 15.5. The van der Waals surface area contributed by atoms with Crippen molar-refractivity contribution in [1.82, 2.24) is 19.9 Å². The zero-order valence-corrected chi connectivity index (χ0v) is 13.0. The lowest BCUT2D eigenvalue weighted by molar-refractivity contribution is 0.0940. The van der Waals surface area contributed by atoms with Crippen LogP contribution in [0, 0.1) is 0 Å². The number of rotatable bonds is 5. The molecule has 2 aromatic heterocycles. The van der Waals surface area contributed by atoms with Gasteiger partial charge >= 0.3 is 0 Å². The first-order chi connectivity index (χ1) is 10.7. The molecule has 3 rings (SSSR count). The lowest BCUT2D eigenvalue weighted by Crippen LogP contribution is -2.28. The molecule has 0 unspecified atom stereocenters. The van der Waals surface area contributed by atoms with E-state index in [2.05, 4.69) is 15.3 Å². The number of carbonyl (C=O) groups is 1. The first-order valence-electron chi connectivity index (χ1n) is 7.63. The summed E-state index contributed by atoms with van der Waals surface area (Å²) in [5.41, 5.74) is 1.32. The van der Waals surface area contributed by atoms with Crippen molar-refractivity contribution < 1.29 is 9.90 Å². The third kappa shape index (κ3) is 2.94. The number of halogens is 1. The first kappa shape index (κ1) is 15.2. The summed E-state index contributed by atoms with van der Waals surface area (Å²) in [6.07, 6.45) is 6.61. The van der Waals surface area contributed by atoms with Crippen LogP contribution in [0.5, 0.6) is 0 Å². The van der Waals surface area contributed by atoms with Gasteiger partial charge in [-0.3, -0.25) is 4.79 Å². The van der Waals surface area contributed by atoms with E-state index in [0.29, 0.717) is 18.7 Å². The Morgan fingerprint density at radius 3 is 2.95 bits per heavy atom. The van der Waals surface area contributed by atoms with E-state index in [1.54, 1.807) is 6.20 Å². The van der Waals surface area contributed by atoms with Gasteiger partial charge in [0.05, 0.1) is 0 Å². The highest BCUT2D eigenvalue weighted by atomic mass is 35.5. The minimum Gasteiger partial charge on any atom is -0.396 e. The fraction of sp³-hybridized carbons (Fsp3) is 0.533. The van der Waals surface area contributed by atoms with Crippen molar-refractivity contribution in [3.63, 3.8) is 0 Å². The standard InChI is InChI=1S/C15H19ClN4O2/c16-15-18-9-10-8-12(14(22)17-6-3-7-21)20(13(10)19-15)11-4-1-2-5-11/h8-9,11,21H,1-7H2,(H,17,22). The predicted octanol–water partition coefficient (Wildman–Crippen LogP) is 2.31. The fourth-order valence-electron chi connectivity index (χ4n) is 3.07. The molecule has 0 radical (unpaired) electrons. The lowest BCUT2D eigenvalue weighted by atomic mass is 10.2. The Kier molecular flexibility index (Phi) is 4.59. The minimum absolute atomic E-state index is 0.0625. The number of hydrogen-bond donors (Lipinski definition) is 2. The quantitative estimate of drug-likeness (QED) is 0.654. The van der Waals surface area contributed by atoms with Crippen molar-refractivity contribution in [2.24, 2.45) is 0 Å². The molecule has 0 saturated heterocycles. The molecule has 7 heteroatoms. The molecule has 22 heavy (non-hydrogen) atoms. The van der Waals surface area contributed by atoms with Gasteiger partial charge in [0.25, 0.3) is 5.91 Å². The second-order valence-electron chi connectivity index (χ2n) is 5.59. The van der Waals surface area contributed by atoms with E-state index in [1.165, 1.54) is 0 Å². The van der Waals surface area contributed by atoms with E-state index in [4.69, 9.17) is 16.7 Å². The molecule has 1 aliphatic rings. The molecule has 0 spiro atoms. The van der Waals surface area contributed by atoms with Crippen LogP contribution in [-0.4, -0.2) is 38.7 Å². The van der Waals surface area contributed by atoms with Crippen molar-refractivity contribution in [2.45, 2.75) is 38.1 Å². The molecular weight excluding hydrogens is 304 g/mol. The van der Waals surface area contributed by atoms with Crippen LogP contribution in [0.15, 0.2) is 12.3 Å². The highest BCUT2D eigenvalue weighted by molar-refractivity contribution is 6.28. The molecule has 1 saturated carbocycles. The van der Waals surface area contributed by atoms with Crippen molar-refractivity contribution in [3.8, 4) is 0 Å². The van der Waals surface area contributed by atoms with Crippen molar-refractivity contribution in [2.75, 3.05) is 13.2 Å². The molecule has 0 bridgehead atoms. The van der Waals surface area contributed by atoms with Gasteiger partial charge in [-0.2, -0.15) is 4.98 Å². The van der Waals surface area contributed by atoms with Crippen LogP contribution in [0.2, 0.25) is 5.28 Å². The van der Waals surface area contributed by atoms with Crippen LogP contribution in [0.25, 0.3) is 11.0 Å². The Morgan fingerprint density at radius 1 is 1.45 bits per heavy atom. The molecule has 1 fully saturated rings. The van der Waals surface area contributed by atoms with Crippen LogP contribution in [0.4, 0.5) is 0 Å².